The van der Waals surface area contributed by atoms with Crippen LogP contribution >= 0.6 is 11.6 Å². The first-order valence-corrected chi connectivity index (χ1v) is 7.29. The first-order valence-electron chi connectivity index (χ1n) is 6.91. The topological polar surface area (TPSA) is 55.1 Å². The van der Waals surface area contributed by atoms with Crippen molar-refractivity contribution in [2.75, 3.05) is 5.32 Å². The SMILES string of the molecule is CC(=O)Nc1ccc(-c2cnco2)c(F)c1-c1cc(F)ccc1Cl. The Morgan fingerprint density at radius 2 is 2.00 bits per heavy atom. The van der Waals surface area contributed by atoms with E-state index in [1.807, 2.05) is 0 Å². The minimum atomic E-state index is -0.703. The molecule has 0 aliphatic carbocycles. The van der Waals surface area contributed by atoms with Crippen molar-refractivity contribution >= 4 is 23.2 Å². The van der Waals surface area contributed by atoms with E-state index < -0.39 is 17.5 Å². The number of aromatic nitrogens is 1. The van der Waals surface area contributed by atoms with Crippen molar-refractivity contribution in [3.05, 3.63) is 59.6 Å². The molecule has 3 aromatic rings. The van der Waals surface area contributed by atoms with Crippen LogP contribution in [-0.4, -0.2) is 10.9 Å². The van der Waals surface area contributed by atoms with E-state index in [2.05, 4.69) is 10.3 Å². The van der Waals surface area contributed by atoms with E-state index >= 15 is 4.39 Å². The summed E-state index contributed by atoms with van der Waals surface area (Å²) in [5.41, 5.74) is 0.399. The fraction of sp³-hybridized carbons (Fsp3) is 0.0588. The van der Waals surface area contributed by atoms with E-state index in [0.29, 0.717) is 0 Å². The molecule has 24 heavy (non-hydrogen) atoms. The minimum absolute atomic E-state index is 0.0244. The molecule has 1 heterocycles. The van der Waals surface area contributed by atoms with E-state index in [-0.39, 0.29) is 33.2 Å². The molecule has 0 aliphatic heterocycles. The quantitative estimate of drug-likeness (QED) is 0.732. The molecule has 0 saturated carbocycles. The Morgan fingerprint density at radius 1 is 1.21 bits per heavy atom. The second kappa shape index (κ2) is 6.41. The van der Waals surface area contributed by atoms with E-state index in [1.165, 1.54) is 43.8 Å². The zero-order valence-corrected chi connectivity index (χ0v) is 13.2. The van der Waals surface area contributed by atoms with Gasteiger partial charge in [-0.3, -0.25) is 4.79 Å². The predicted molar refractivity (Wildman–Crippen MR) is 86.6 cm³/mol. The molecule has 0 bridgehead atoms. The van der Waals surface area contributed by atoms with Gasteiger partial charge >= 0.3 is 0 Å². The number of nitrogens with zero attached hydrogens (tertiary/aromatic N) is 1. The van der Waals surface area contributed by atoms with Crippen LogP contribution in [0.15, 0.2) is 47.3 Å². The molecular weight excluding hydrogens is 338 g/mol. The van der Waals surface area contributed by atoms with Crippen LogP contribution in [-0.2, 0) is 4.79 Å². The molecule has 3 rings (SSSR count). The van der Waals surface area contributed by atoms with Crippen LogP contribution in [0.25, 0.3) is 22.5 Å². The molecule has 0 atom stereocenters. The first-order chi connectivity index (χ1) is 11.5. The van der Waals surface area contributed by atoms with Crippen molar-refractivity contribution < 1.29 is 18.0 Å². The summed E-state index contributed by atoms with van der Waals surface area (Å²) in [6, 6.07) is 6.54. The number of rotatable bonds is 3. The summed E-state index contributed by atoms with van der Waals surface area (Å²) in [5, 5.41) is 2.68. The Balaban J connectivity index is 2.29. The summed E-state index contributed by atoms with van der Waals surface area (Å²) in [6.07, 6.45) is 2.53. The summed E-state index contributed by atoms with van der Waals surface area (Å²) in [6.45, 7) is 1.29. The lowest BCUT2D eigenvalue weighted by Crippen LogP contribution is -2.08. The van der Waals surface area contributed by atoms with Crippen LogP contribution in [0.5, 0.6) is 0 Å². The van der Waals surface area contributed by atoms with Crippen molar-refractivity contribution in [2.45, 2.75) is 6.92 Å². The van der Waals surface area contributed by atoms with Gasteiger partial charge in [0.25, 0.3) is 0 Å². The molecule has 122 valence electrons. The van der Waals surface area contributed by atoms with Gasteiger partial charge in [0.1, 0.15) is 11.6 Å². The zero-order valence-electron chi connectivity index (χ0n) is 12.4. The number of anilines is 1. The van der Waals surface area contributed by atoms with Gasteiger partial charge in [0, 0.05) is 23.1 Å². The van der Waals surface area contributed by atoms with Gasteiger partial charge in [-0.05, 0) is 30.3 Å². The normalized spacial score (nSPS) is 10.7. The van der Waals surface area contributed by atoms with Gasteiger partial charge in [0.05, 0.1) is 17.4 Å². The van der Waals surface area contributed by atoms with Crippen molar-refractivity contribution in [1.29, 1.82) is 0 Å². The molecule has 1 N–H and O–H groups in total. The fourth-order valence-corrected chi connectivity index (χ4v) is 2.57. The van der Waals surface area contributed by atoms with Gasteiger partial charge < -0.3 is 9.73 Å². The Labute approximate surface area is 141 Å². The summed E-state index contributed by atoms with van der Waals surface area (Å²) in [7, 11) is 0. The van der Waals surface area contributed by atoms with Crippen LogP contribution in [0.2, 0.25) is 5.02 Å². The summed E-state index contributed by atoms with van der Waals surface area (Å²) in [4.78, 5) is 15.2. The highest BCUT2D eigenvalue weighted by molar-refractivity contribution is 6.33. The molecule has 0 radical (unpaired) electrons. The number of carbonyl (C=O) groups is 1. The number of hydrogen-bond donors (Lipinski definition) is 1. The molecule has 1 amide bonds. The molecular formula is C17H11ClF2N2O2. The number of carbonyl (C=O) groups excluding carboxylic acids is 1. The molecule has 4 nitrogen and oxygen atoms in total. The van der Waals surface area contributed by atoms with Crippen LogP contribution in [0.1, 0.15) is 6.92 Å². The van der Waals surface area contributed by atoms with Crippen molar-refractivity contribution in [3.63, 3.8) is 0 Å². The van der Waals surface area contributed by atoms with Crippen LogP contribution in [0.3, 0.4) is 0 Å². The van der Waals surface area contributed by atoms with Gasteiger partial charge in [-0.15, -0.1) is 0 Å². The molecule has 0 aliphatic rings. The maximum atomic E-state index is 15.1. The van der Waals surface area contributed by atoms with E-state index in [9.17, 15) is 9.18 Å². The lowest BCUT2D eigenvalue weighted by Gasteiger charge is -2.15. The van der Waals surface area contributed by atoms with Gasteiger partial charge in [0.2, 0.25) is 5.91 Å². The number of hydrogen-bond acceptors (Lipinski definition) is 3. The molecule has 7 heteroatoms. The lowest BCUT2D eigenvalue weighted by atomic mass is 9.98. The Bertz CT molecular complexity index is 911. The van der Waals surface area contributed by atoms with E-state index in [1.54, 1.807) is 0 Å². The summed E-state index contributed by atoms with van der Waals surface area (Å²) in [5.74, 6) is -1.47. The Morgan fingerprint density at radius 3 is 2.67 bits per heavy atom. The lowest BCUT2D eigenvalue weighted by molar-refractivity contribution is -0.114. The minimum Gasteiger partial charge on any atom is -0.443 e. The maximum absolute atomic E-state index is 15.1. The highest BCUT2D eigenvalue weighted by Crippen LogP contribution is 2.40. The van der Waals surface area contributed by atoms with Gasteiger partial charge in [0.15, 0.2) is 12.2 Å². The Kier molecular flexibility index (Phi) is 4.31. The average Bonchev–Trinajstić information content (AvgIpc) is 3.04. The first kappa shape index (κ1) is 16.1. The Hall–Kier alpha value is -2.73. The number of benzene rings is 2. The van der Waals surface area contributed by atoms with Gasteiger partial charge in [-0.1, -0.05) is 11.6 Å². The maximum Gasteiger partial charge on any atom is 0.221 e. The summed E-state index contributed by atoms with van der Waals surface area (Å²) >= 11 is 6.11. The monoisotopic (exact) mass is 348 g/mol. The number of oxazole rings is 1. The third-order valence-corrected chi connectivity index (χ3v) is 3.68. The third kappa shape index (κ3) is 3.00. The predicted octanol–water partition coefficient (Wildman–Crippen LogP) is 4.90. The van der Waals surface area contributed by atoms with Crippen LogP contribution in [0.4, 0.5) is 14.5 Å². The number of amides is 1. The zero-order chi connectivity index (χ0) is 17.3. The average molecular weight is 349 g/mol. The highest BCUT2D eigenvalue weighted by atomic mass is 35.5. The van der Waals surface area contributed by atoms with E-state index in [0.717, 1.165) is 6.07 Å². The van der Waals surface area contributed by atoms with E-state index in [4.69, 9.17) is 16.0 Å². The van der Waals surface area contributed by atoms with Crippen molar-refractivity contribution in [1.82, 2.24) is 4.98 Å². The third-order valence-electron chi connectivity index (χ3n) is 3.35. The largest absolute Gasteiger partial charge is 0.443 e. The second-order valence-corrected chi connectivity index (χ2v) is 5.43. The number of halogens is 3. The summed E-state index contributed by atoms with van der Waals surface area (Å²) < 4.78 is 33.9. The molecule has 2 aromatic carbocycles. The van der Waals surface area contributed by atoms with Gasteiger partial charge in [-0.25, -0.2) is 13.8 Å². The molecule has 1 aromatic heterocycles. The fourth-order valence-electron chi connectivity index (χ4n) is 2.36. The van der Waals surface area contributed by atoms with Crippen LogP contribution < -0.4 is 5.32 Å². The molecule has 0 unspecified atom stereocenters. The number of nitrogens with one attached hydrogen (secondary N) is 1. The van der Waals surface area contributed by atoms with Crippen molar-refractivity contribution in [3.8, 4) is 22.5 Å². The second-order valence-electron chi connectivity index (χ2n) is 5.02. The smallest absolute Gasteiger partial charge is 0.221 e. The standard InChI is InChI=1S/C17H11ClF2N2O2/c1-9(23)22-14-5-3-11(15-7-21-8-24-15)17(20)16(14)12-6-10(19)2-4-13(12)18/h2-8H,1H3,(H,22,23). The van der Waals surface area contributed by atoms with Crippen molar-refractivity contribution in [2.24, 2.45) is 0 Å². The van der Waals surface area contributed by atoms with Gasteiger partial charge in [-0.2, -0.15) is 0 Å². The molecule has 0 spiro atoms. The van der Waals surface area contributed by atoms with Crippen LogP contribution in [0, 0.1) is 11.6 Å². The molecule has 0 fully saturated rings. The highest BCUT2D eigenvalue weighted by Gasteiger charge is 2.21. The molecule has 0 saturated heterocycles.